The zero-order valence-corrected chi connectivity index (χ0v) is 10.7. The van der Waals surface area contributed by atoms with Gasteiger partial charge in [-0.3, -0.25) is 9.58 Å². The van der Waals surface area contributed by atoms with E-state index in [4.69, 9.17) is 0 Å². The fourth-order valence-corrected chi connectivity index (χ4v) is 3.56. The molecule has 0 aromatic carbocycles. The van der Waals surface area contributed by atoms with Crippen LogP contribution in [0.3, 0.4) is 0 Å². The van der Waals surface area contributed by atoms with Gasteiger partial charge in [0.05, 0.1) is 11.3 Å². The van der Waals surface area contributed by atoms with Gasteiger partial charge in [-0.25, -0.2) is 0 Å². The summed E-state index contributed by atoms with van der Waals surface area (Å²) < 4.78 is 1.91. The van der Waals surface area contributed by atoms with Crippen molar-refractivity contribution in [2.45, 2.75) is 44.2 Å². The summed E-state index contributed by atoms with van der Waals surface area (Å²) in [5.74, 6) is 0. The average molecular weight is 235 g/mol. The molecule has 1 aromatic rings. The number of fused-ring (bicyclic) bond motifs is 1. The molecule has 17 heavy (non-hydrogen) atoms. The van der Waals surface area contributed by atoms with Crippen molar-refractivity contribution in [1.82, 2.24) is 14.7 Å². The molecule has 0 radical (unpaired) electrons. The van der Waals surface area contributed by atoms with Gasteiger partial charge in [0, 0.05) is 31.7 Å². The number of aryl methyl sites for hydroxylation is 2. The van der Waals surface area contributed by atoms with Gasteiger partial charge in [-0.2, -0.15) is 5.10 Å². The van der Waals surface area contributed by atoms with Crippen LogP contribution in [0.15, 0.2) is 6.07 Å². The summed E-state index contributed by atoms with van der Waals surface area (Å²) in [6, 6.07) is 2.47. The number of rotatable bonds is 2. The van der Waals surface area contributed by atoms with E-state index >= 15 is 0 Å². The van der Waals surface area contributed by atoms with Crippen LogP contribution in [-0.4, -0.2) is 44.5 Å². The Hall–Kier alpha value is -0.870. The highest BCUT2D eigenvalue weighted by molar-refractivity contribution is 5.15. The van der Waals surface area contributed by atoms with Gasteiger partial charge in [-0.1, -0.05) is 0 Å². The van der Waals surface area contributed by atoms with E-state index in [1.807, 2.05) is 18.7 Å². The molecule has 0 spiro atoms. The van der Waals surface area contributed by atoms with E-state index in [2.05, 4.69) is 16.1 Å². The Morgan fingerprint density at radius 2 is 2.35 bits per heavy atom. The van der Waals surface area contributed by atoms with Crippen molar-refractivity contribution in [2.75, 3.05) is 13.1 Å². The smallest absolute Gasteiger partial charge is 0.0869 e. The van der Waals surface area contributed by atoms with Gasteiger partial charge in [0.15, 0.2) is 0 Å². The highest BCUT2D eigenvalue weighted by Gasteiger charge is 2.48. The molecule has 4 nitrogen and oxygen atoms in total. The lowest BCUT2D eigenvalue weighted by Gasteiger charge is -2.29. The lowest BCUT2D eigenvalue weighted by atomic mass is 9.88. The van der Waals surface area contributed by atoms with Gasteiger partial charge in [-0.05, 0) is 38.8 Å². The standard InChI is InChI=1S/C13H21N3O/c1-10-8-11(15(2)14-10)9-13(17)5-7-16-6-3-4-12(13)16/h8,12,17H,3-7,9H2,1-2H3. The molecule has 2 fully saturated rings. The summed E-state index contributed by atoms with van der Waals surface area (Å²) in [6.45, 7) is 4.22. The third kappa shape index (κ3) is 1.79. The zero-order valence-electron chi connectivity index (χ0n) is 10.7. The predicted octanol–water partition coefficient (Wildman–Crippen LogP) is 0.870. The lowest BCUT2D eigenvalue weighted by molar-refractivity contribution is 0.0125. The quantitative estimate of drug-likeness (QED) is 0.827. The molecule has 1 aromatic heterocycles. The Bertz CT molecular complexity index is 428. The molecular formula is C13H21N3O. The highest BCUT2D eigenvalue weighted by atomic mass is 16.3. The van der Waals surface area contributed by atoms with E-state index in [0.29, 0.717) is 6.04 Å². The van der Waals surface area contributed by atoms with Crippen molar-refractivity contribution in [3.05, 3.63) is 17.5 Å². The van der Waals surface area contributed by atoms with E-state index in [-0.39, 0.29) is 0 Å². The molecule has 2 saturated heterocycles. The lowest BCUT2D eigenvalue weighted by Crippen LogP contribution is -2.43. The maximum atomic E-state index is 10.9. The third-order valence-corrected chi connectivity index (χ3v) is 4.40. The molecule has 0 aliphatic carbocycles. The first-order valence-corrected chi connectivity index (χ1v) is 6.54. The number of hydrogen-bond acceptors (Lipinski definition) is 3. The molecule has 2 aliphatic rings. The van der Waals surface area contributed by atoms with Crippen LogP contribution in [0.5, 0.6) is 0 Å². The van der Waals surface area contributed by atoms with Gasteiger partial charge in [0.25, 0.3) is 0 Å². The summed E-state index contributed by atoms with van der Waals surface area (Å²) in [5.41, 5.74) is 1.66. The maximum Gasteiger partial charge on any atom is 0.0869 e. The second-order valence-electron chi connectivity index (χ2n) is 5.63. The molecule has 3 heterocycles. The van der Waals surface area contributed by atoms with Gasteiger partial charge < -0.3 is 5.11 Å². The summed E-state index contributed by atoms with van der Waals surface area (Å²) in [4.78, 5) is 2.45. The van der Waals surface area contributed by atoms with E-state index in [9.17, 15) is 5.11 Å². The molecule has 1 N–H and O–H groups in total. The van der Waals surface area contributed by atoms with Crippen LogP contribution in [0.2, 0.25) is 0 Å². The number of hydrogen-bond donors (Lipinski definition) is 1. The average Bonchev–Trinajstić information content (AvgIpc) is 2.89. The first kappa shape index (κ1) is 11.2. The number of aromatic nitrogens is 2. The van der Waals surface area contributed by atoms with Crippen LogP contribution in [0.1, 0.15) is 30.7 Å². The maximum absolute atomic E-state index is 10.9. The van der Waals surface area contributed by atoms with Crippen LogP contribution in [0, 0.1) is 6.92 Å². The van der Waals surface area contributed by atoms with Crippen LogP contribution < -0.4 is 0 Å². The predicted molar refractivity (Wildman–Crippen MR) is 65.8 cm³/mol. The molecule has 2 aliphatic heterocycles. The minimum atomic E-state index is -0.531. The minimum absolute atomic E-state index is 0.373. The third-order valence-electron chi connectivity index (χ3n) is 4.40. The van der Waals surface area contributed by atoms with E-state index in [1.54, 1.807) is 0 Å². The van der Waals surface area contributed by atoms with Gasteiger partial charge in [0.1, 0.15) is 0 Å². The number of nitrogens with zero attached hydrogens (tertiary/aromatic N) is 3. The molecule has 2 unspecified atom stereocenters. The zero-order chi connectivity index (χ0) is 12.0. The summed E-state index contributed by atoms with van der Waals surface area (Å²) in [6.07, 6.45) is 4.03. The Kier molecular flexibility index (Phi) is 2.52. The van der Waals surface area contributed by atoms with Gasteiger partial charge >= 0.3 is 0 Å². The largest absolute Gasteiger partial charge is 0.388 e. The molecule has 0 bridgehead atoms. The second kappa shape index (κ2) is 3.82. The van der Waals surface area contributed by atoms with Crippen LogP contribution >= 0.6 is 0 Å². The Labute approximate surface area is 102 Å². The van der Waals surface area contributed by atoms with Crippen molar-refractivity contribution in [3.8, 4) is 0 Å². The van der Waals surface area contributed by atoms with Crippen LogP contribution in [0.4, 0.5) is 0 Å². The fraction of sp³-hybridized carbons (Fsp3) is 0.769. The van der Waals surface area contributed by atoms with Crippen LogP contribution in [-0.2, 0) is 13.5 Å². The van der Waals surface area contributed by atoms with Gasteiger partial charge in [0.2, 0.25) is 0 Å². The van der Waals surface area contributed by atoms with Gasteiger partial charge in [-0.15, -0.1) is 0 Å². The normalized spacial score (nSPS) is 33.2. The summed E-state index contributed by atoms with van der Waals surface area (Å²) in [7, 11) is 1.97. The van der Waals surface area contributed by atoms with E-state index in [0.717, 1.165) is 43.7 Å². The molecular weight excluding hydrogens is 214 g/mol. The van der Waals surface area contributed by atoms with Crippen molar-refractivity contribution < 1.29 is 5.11 Å². The summed E-state index contributed by atoms with van der Waals surface area (Å²) >= 11 is 0. The van der Waals surface area contributed by atoms with Crippen molar-refractivity contribution >= 4 is 0 Å². The topological polar surface area (TPSA) is 41.3 Å². The monoisotopic (exact) mass is 235 g/mol. The molecule has 4 heteroatoms. The van der Waals surface area contributed by atoms with Crippen LogP contribution in [0.25, 0.3) is 0 Å². The SMILES string of the molecule is Cc1cc(CC2(O)CCN3CCCC32)n(C)n1. The molecule has 3 rings (SSSR count). The fourth-order valence-electron chi connectivity index (χ4n) is 3.56. The molecule has 0 saturated carbocycles. The second-order valence-corrected chi connectivity index (χ2v) is 5.63. The highest BCUT2D eigenvalue weighted by Crippen LogP contribution is 2.38. The van der Waals surface area contributed by atoms with E-state index in [1.165, 1.54) is 6.42 Å². The molecule has 94 valence electrons. The molecule has 0 amide bonds. The Balaban J connectivity index is 1.82. The van der Waals surface area contributed by atoms with Crippen molar-refractivity contribution in [2.24, 2.45) is 7.05 Å². The first-order valence-electron chi connectivity index (χ1n) is 6.54. The Morgan fingerprint density at radius 1 is 1.53 bits per heavy atom. The number of aliphatic hydroxyl groups is 1. The summed E-state index contributed by atoms with van der Waals surface area (Å²) in [5, 5.41) is 15.2. The first-order chi connectivity index (χ1) is 8.08. The van der Waals surface area contributed by atoms with Crippen molar-refractivity contribution in [3.63, 3.8) is 0 Å². The van der Waals surface area contributed by atoms with E-state index < -0.39 is 5.60 Å². The molecule has 2 atom stereocenters. The Morgan fingerprint density at radius 3 is 3.06 bits per heavy atom. The minimum Gasteiger partial charge on any atom is -0.388 e. The van der Waals surface area contributed by atoms with Crippen molar-refractivity contribution in [1.29, 1.82) is 0 Å².